The minimum atomic E-state index is -0.358. The van der Waals surface area contributed by atoms with Gasteiger partial charge in [0.2, 0.25) is 0 Å². The molecule has 0 aromatic heterocycles. The molecule has 2 aliphatic heterocycles. The molecule has 0 unspecified atom stereocenters. The molecule has 2 aliphatic rings. The highest BCUT2D eigenvalue weighted by Gasteiger charge is 2.51. The Labute approximate surface area is 127 Å². The van der Waals surface area contributed by atoms with E-state index in [1.165, 1.54) is 30.4 Å². The number of rotatable bonds is 2. The fraction of sp³-hybridized carbons (Fsp3) is 0.333. The van der Waals surface area contributed by atoms with Crippen LogP contribution in [0.2, 0.25) is 0 Å². The summed E-state index contributed by atoms with van der Waals surface area (Å²) in [6.07, 6.45) is 3.72. The van der Waals surface area contributed by atoms with Gasteiger partial charge in [-0.2, -0.15) is 0 Å². The molecule has 2 nitrogen and oxygen atoms in total. The van der Waals surface area contributed by atoms with Gasteiger partial charge in [-0.25, -0.2) is 0 Å². The fourth-order valence-corrected chi connectivity index (χ4v) is 3.81. The van der Waals surface area contributed by atoms with Crippen LogP contribution in [0.5, 0.6) is 0 Å². The molecule has 2 heterocycles. The first-order valence-corrected chi connectivity index (χ1v) is 7.79. The lowest BCUT2D eigenvalue weighted by molar-refractivity contribution is 0.0839. The predicted octanol–water partition coefficient (Wildman–Crippen LogP) is 3.35. The van der Waals surface area contributed by atoms with E-state index in [1.807, 2.05) is 7.62 Å². The highest BCUT2D eigenvalue weighted by atomic mass is 16.5. The van der Waals surface area contributed by atoms with Crippen molar-refractivity contribution in [1.29, 1.82) is 0 Å². The van der Waals surface area contributed by atoms with Crippen LogP contribution in [0.25, 0.3) is 0 Å². The zero-order valence-electron chi connectivity index (χ0n) is 12.1. The van der Waals surface area contributed by atoms with Gasteiger partial charge < -0.3 is 9.47 Å². The van der Waals surface area contributed by atoms with Crippen LogP contribution in [-0.4, -0.2) is 25.0 Å². The molecule has 4 rings (SSSR count). The van der Waals surface area contributed by atoms with Crippen molar-refractivity contribution in [2.75, 3.05) is 6.54 Å². The Kier molecular flexibility index (Phi) is 3.32. The second-order valence-electron chi connectivity index (χ2n) is 5.94. The van der Waals surface area contributed by atoms with Crippen LogP contribution < -0.4 is 0 Å². The number of hydrogen-bond acceptors (Lipinski definition) is 2. The highest BCUT2D eigenvalue weighted by molar-refractivity contribution is 6.25. The molecule has 1 atom stereocenters. The van der Waals surface area contributed by atoms with Crippen LogP contribution in [-0.2, 0) is 10.3 Å². The van der Waals surface area contributed by atoms with E-state index in [0.29, 0.717) is 6.04 Å². The minimum Gasteiger partial charge on any atom is -0.409 e. The normalized spacial score (nSPS) is 24.3. The SMILES string of the molecule is [B]1OC(c2ccccc2)(c2ccccc2)[C@H]2CCCCN12. The van der Waals surface area contributed by atoms with Gasteiger partial charge in [0, 0.05) is 6.04 Å². The van der Waals surface area contributed by atoms with Crippen LogP contribution >= 0.6 is 0 Å². The van der Waals surface area contributed by atoms with Gasteiger partial charge in [-0.15, -0.1) is 0 Å². The van der Waals surface area contributed by atoms with Crippen molar-refractivity contribution in [3.8, 4) is 0 Å². The second kappa shape index (κ2) is 5.32. The number of nitrogens with zero attached hydrogens (tertiary/aromatic N) is 1. The third kappa shape index (κ3) is 2.03. The van der Waals surface area contributed by atoms with Gasteiger partial charge in [-0.3, -0.25) is 0 Å². The van der Waals surface area contributed by atoms with Crippen LogP contribution in [0.15, 0.2) is 60.7 Å². The topological polar surface area (TPSA) is 12.5 Å². The Morgan fingerprint density at radius 2 is 1.52 bits per heavy atom. The number of fused-ring (bicyclic) bond motifs is 1. The molecule has 0 saturated carbocycles. The van der Waals surface area contributed by atoms with E-state index in [2.05, 4.69) is 65.5 Å². The standard InChI is InChI=1S/C18H19BNO/c1-3-9-15(10-4-1)18(16-11-5-2-6-12-16)17-13-7-8-14-20(17)19-21-18/h1-6,9-12,17H,7-8,13-14H2/t17-/m1/s1. The summed E-state index contributed by atoms with van der Waals surface area (Å²) >= 11 is 0. The van der Waals surface area contributed by atoms with E-state index in [9.17, 15) is 0 Å². The summed E-state index contributed by atoms with van der Waals surface area (Å²) in [6, 6.07) is 21.7. The third-order valence-corrected chi connectivity index (χ3v) is 4.79. The molecular formula is C18H19BNO. The molecule has 2 saturated heterocycles. The van der Waals surface area contributed by atoms with Gasteiger partial charge in [0.1, 0.15) is 5.60 Å². The van der Waals surface area contributed by atoms with Gasteiger partial charge >= 0.3 is 7.62 Å². The van der Waals surface area contributed by atoms with Crippen molar-refractivity contribution in [1.82, 2.24) is 4.81 Å². The number of benzene rings is 2. The summed E-state index contributed by atoms with van der Waals surface area (Å²) in [6.45, 7) is 1.10. The zero-order chi connectivity index (χ0) is 14.1. The van der Waals surface area contributed by atoms with Crippen molar-refractivity contribution in [2.45, 2.75) is 30.9 Å². The highest BCUT2D eigenvalue weighted by Crippen LogP contribution is 2.45. The minimum absolute atomic E-state index is 0.358. The fourth-order valence-electron chi connectivity index (χ4n) is 3.81. The molecule has 105 valence electrons. The summed E-state index contributed by atoms with van der Waals surface area (Å²) in [5.41, 5.74) is 2.15. The summed E-state index contributed by atoms with van der Waals surface area (Å²) < 4.78 is 6.36. The molecule has 0 N–H and O–H groups in total. The summed E-state index contributed by atoms with van der Waals surface area (Å²) in [4.78, 5) is 2.39. The number of hydrogen-bond donors (Lipinski definition) is 0. The van der Waals surface area contributed by atoms with Crippen LogP contribution in [0, 0.1) is 0 Å². The van der Waals surface area contributed by atoms with Crippen molar-refractivity contribution < 1.29 is 4.65 Å². The first kappa shape index (κ1) is 13.1. The molecule has 0 aliphatic carbocycles. The molecule has 3 heteroatoms. The first-order chi connectivity index (χ1) is 10.4. The van der Waals surface area contributed by atoms with Crippen LogP contribution in [0.1, 0.15) is 30.4 Å². The maximum atomic E-state index is 6.36. The van der Waals surface area contributed by atoms with E-state index in [4.69, 9.17) is 4.65 Å². The van der Waals surface area contributed by atoms with Crippen LogP contribution in [0.4, 0.5) is 0 Å². The quantitative estimate of drug-likeness (QED) is 0.780. The Balaban J connectivity index is 1.87. The Morgan fingerprint density at radius 1 is 0.905 bits per heavy atom. The molecule has 2 fully saturated rings. The van der Waals surface area contributed by atoms with Crippen molar-refractivity contribution in [2.24, 2.45) is 0 Å². The van der Waals surface area contributed by atoms with Crippen LogP contribution in [0.3, 0.4) is 0 Å². The van der Waals surface area contributed by atoms with Gasteiger partial charge in [0.15, 0.2) is 0 Å². The predicted molar refractivity (Wildman–Crippen MR) is 84.8 cm³/mol. The van der Waals surface area contributed by atoms with Crippen molar-refractivity contribution >= 4 is 7.62 Å². The average Bonchev–Trinajstić information content (AvgIpc) is 2.97. The first-order valence-electron chi connectivity index (χ1n) is 7.79. The maximum Gasteiger partial charge on any atom is 0.400 e. The lowest BCUT2D eigenvalue weighted by atomic mass is 9.77. The number of piperidine rings is 1. The average molecular weight is 276 g/mol. The van der Waals surface area contributed by atoms with E-state index >= 15 is 0 Å². The lowest BCUT2D eigenvalue weighted by Crippen LogP contribution is -2.46. The zero-order valence-corrected chi connectivity index (χ0v) is 12.1. The molecule has 0 amide bonds. The summed E-state index contributed by atoms with van der Waals surface area (Å²) in [5.74, 6) is 0. The van der Waals surface area contributed by atoms with E-state index in [0.717, 1.165) is 6.54 Å². The second-order valence-corrected chi connectivity index (χ2v) is 5.94. The van der Waals surface area contributed by atoms with Gasteiger partial charge in [0.05, 0.1) is 0 Å². The summed E-state index contributed by atoms with van der Waals surface area (Å²) in [7, 11) is 1.96. The van der Waals surface area contributed by atoms with Gasteiger partial charge in [-0.05, 0) is 30.5 Å². The molecule has 1 radical (unpaired) electrons. The van der Waals surface area contributed by atoms with E-state index in [1.54, 1.807) is 0 Å². The van der Waals surface area contributed by atoms with Gasteiger partial charge in [0.25, 0.3) is 0 Å². The molecule has 0 spiro atoms. The lowest BCUT2D eigenvalue weighted by Gasteiger charge is -2.41. The Hall–Kier alpha value is -1.58. The monoisotopic (exact) mass is 276 g/mol. The summed E-state index contributed by atoms with van der Waals surface area (Å²) in [5, 5.41) is 0. The Bertz CT molecular complexity index is 562. The van der Waals surface area contributed by atoms with E-state index < -0.39 is 0 Å². The molecule has 0 bridgehead atoms. The van der Waals surface area contributed by atoms with Gasteiger partial charge in [-0.1, -0.05) is 67.1 Å². The molecule has 2 aromatic carbocycles. The van der Waals surface area contributed by atoms with Crippen molar-refractivity contribution in [3.63, 3.8) is 0 Å². The molecule has 2 aromatic rings. The van der Waals surface area contributed by atoms with Crippen molar-refractivity contribution in [3.05, 3.63) is 71.8 Å². The smallest absolute Gasteiger partial charge is 0.400 e. The maximum absolute atomic E-state index is 6.36. The Morgan fingerprint density at radius 3 is 2.14 bits per heavy atom. The molecular weight excluding hydrogens is 257 g/mol. The third-order valence-electron chi connectivity index (χ3n) is 4.79. The van der Waals surface area contributed by atoms with E-state index in [-0.39, 0.29) is 5.60 Å². The molecule has 21 heavy (non-hydrogen) atoms. The largest absolute Gasteiger partial charge is 0.409 e.